The van der Waals surface area contributed by atoms with Gasteiger partial charge in [-0.1, -0.05) is 35.9 Å². The van der Waals surface area contributed by atoms with E-state index in [0.717, 1.165) is 31.2 Å². The number of nitrogens with one attached hydrogen (secondary N) is 1. The first-order valence-corrected chi connectivity index (χ1v) is 12.8. The molecule has 2 aromatic rings. The van der Waals surface area contributed by atoms with E-state index in [-0.39, 0.29) is 22.8 Å². The van der Waals surface area contributed by atoms with Crippen LogP contribution in [0.4, 0.5) is 0 Å². The Morgan fingerprint density at radius 3 is 2.22 bits per heavy atom. The van der Waals surface area contributed by atoms with Crippen molar-refractivity contribution in [2.45, 2.75) is 54.9 Å². The summed E-state index contributed by atoms with van der Waals surface area (Å²) < 4.78 is 27.5. The zero-order valence-electron chi connectivity index (χ0n) is 18.6. The minimum Gasteiger partial charge on any atom is -0.370 e. The van der Waals surface area contributed by atoms with Crippen molar-refractivity contribution in [1.29, 1.82) is 0 Å². The molecule has 0 bridgehead atoms. The fourth-order valence-electron chi connectivity index (χ4n) is 4.58. The van der Waals surface area contributed by atoms with Crippen LogP contribution in [-0.4, -0.2) is 45.3 Å². The molecule has 0 radical (unpaired) electrons. The largest absolute Gasteiger partial charge is 0.370 e. The maximum Gasteiger partial charge on any atom is 0.243 e. The molecule has 0 aromatic heterocycles. The number of carbonyl (C=O) groups is 1. The van der Waals surface area contributed by atoms with Crippen molar-refractivity contribution >= 4 is 27.5 Å². The first kappa shape index (κ1) is 24.7. The topological polar surface area (TPSA) is 92.5 Å². The molecule has 1 saturated carbocycles. The second-order valence-electron chi connectivity index (χ2n) is 8.57. The molecule has 0 spiro atoms. The summed E-state index contributed by atoms with van der Waals surface area (Å²) in [6.45, 7) is 0.696. The number of benzene rings is 2. The lowest BCUT2D eigenvalue weighted by Gasteiger charge is -2.34. The quantitative estimate of drug-likeness (QED) is 0.573. The standard InChI is InChI=1S/C24H32ClN3O3S/c1-27-16-20(15-24(26)29)19-5-3-17(4-6-19)18-7-11-22(12-8-18)28(2)32(30,31)23-13-9-21(25)10-14-23/h3-6,9-10,13-14,18,20,22,27H,7-8,11-12,15-16H2,1-2H3,(H2,26,29)/t18-,20?,22-. The van der Waals surface area contributed by atoms with E-state index in [9.17, 15) is 13.2 Å². The number of hydrogen-bond donors (Lipinski definition) is 2. The number of likely N-dealkylation sites (N-methyl/N-ethyl adjacent to an activating group) is 1. The molecule has 6 nitrogen and oxygen atoms in total. The summed E-state index contributed by atoms with van der Waals surface area (Å²) in [5, 5.41) is 3.64. The second-order valence-corrected chi connectivity index (χ2v) is 11.0. The fourth-order valence-corrected chi connectivity index (χ4v) is 6.12. The third-order valence-corrected chi connectivity index (χ3v) is 8.66. The Hall–Kier alpha value is -1.93. The number of carbonyl (C=O) groups excluding carboxylic acids is 1. The van der Waals surface area contributed by atoms with Gasteiger partial charge >= 0.3 is 0 Å². The van der Waals surface area contributed by atoms with Crippen LogP contribution in [0.25, 0.3) is 0 Å². The first-order chi connectivity index (χ1) is 15.2. The van der Waals surface area contributed by atoms with Crippen LogP contribution in [-0.2, 0) is 14.8 Å². The normalized spacial score (nSPS) is 20.2. The number of amides is 1. The average Bonchev–Trinajstić information content (AvgIpc) is 2.78. The average molecular weight is 478 g/mol. The smallest absolute Gasteiger partial charge is 0.243 e. The number of primary amides is 1. The maximum atomic E-state index is 13.0. The SMILES string of the molecule is CNCC(CC(N)=O)c1ccc([C@H]2CC[C@H](N(C)S(=O)(=O)c3ccc(Cl)cc3)CC2)cc1. The molecule has 0 heterocycles. The summed E-state index contributed by atoms with van der Waals surface area (Å²) in [6, 6.07) is 14.8. The molecule has 1 atom stereocenters. The Morgan fingerprint density at radius 2 is 1.69 bits per heavy atom. The van der Waals surface area contributed by atoms with Crippen LogP contribution < -0.4 is 11.1 Å². The van der Waals surface area contributed by atoms with Gasteiger partial charge in [0.05, 0.1) is 4.90 Å². The number of hydrogen-bond acceptors (Lipinski definition) is 4. The van der Waals surface area contributed by atoms with Gasteiger partial charge in [0.15, 0.2) is 0 Å². The fraction of sp³-hybridized carbons (Fsp3) is 0.458. The predicted molar refractivity (Wildman–Crippen MR) is 128 cm³/mol. The molecule has 174 valence electrons. The predicted octanol–water partition coefficient (Wildman–Crippen LogP) is 3.87. The van der Waals surface area contributed by atoms with Gasteiger partial charge in [-0.3, -0.25) is 4.79 Å². The van der Waals surface area contributed by atoms with Crippen molar-refractivity contribution < 1.29 is 13.2 Å². The minimum atomic E-state index is -3.54. The van der Waals surface area contributed by atoms with Gasteiger partial charge in [0, 0.05) is 37.0 Å². The van der Waals surface area contributed by atoms with Crippen molar-refractivity contribution in [3.05, 3.63) is 64.7 Å². The lowest BCUT2D eigenvalue weighted by Crippen LogP contribution is -2.39. The summed E-state index contributed by atoms with van der Waals surface area (Å²) in [4.78, 5) is 11.6. The highest BCUT2D eigenvalue weighted by atomic mass is 35.5. The van der Waals surface area contributed by atoms with Gasteiger partial charge in [-0.05, 0) is 74.0 Å². The lowest BCUT2D eigenvalue weighted by molar-refractivity contribution is -0.118. The third kappa shape index (κ3) is 5.90. The number of nitrogens with zero attached hydrogens (tertiary/aromatic N) is 1. The summed E-state index contributed by atoms with van der Waals surface area (Å²) in [5.74, 6) is 0.171. The molecule has 1 fully saturated rings. The van der Waals surface area contributed by atoms with E-state index >= 15 is 0 Å². The van der Waals surface area contributed by atoms with Crippen molar-refractivity contribution in [1.82, 2.24) is 9.62 Å². The zero-order valence-corrected chi connectivity index (χ0v) is 20.2. The highest BCUT2D eigenvalue weighted by Crippen LogP contribution is 2.36. The Bertz CT molecular complexity index is 1000. The number of sulfonamides is 1. The summed E-state index contributed by atoms with van der Waals surface area (Å²) in [5.41, 5.74) is 7.76. The van der Waals surface area contributed by atoms with Crippen molar-refractivity contribution in [3.8, 4) is 0 Å². The highest BCUT2D eigenvalue weighted by Gasteiger charge is 2.32. The van der Waals surface area contributed by atoms with Crippen LogP contribution in [0.3, 0.4) is 0 Å². The van der Waals surface area contributed by atoms with Gasteiger partial charge in [-0.2, -0.15) is 4.31 Å². The second kappa shape index (κ2) is 10.8. The van der Waals surface area contributed by atoms with Gasteiger partial charge in [-0.25, -0.2) is 8.42 Å². The molecule has 0 aliphatic heterocycles. The van der Waals surface area contributed by atoms with E-state index in [2.05, 4.69) is 29.6 Å². The van der Waals surface area contributed by atoms with E-state index in [4.69, 9.17) is 17.3 Å². The summed E-state index contributed by atoms with van der Waals surface area (Å²) in [6.07, 6.45) is 3.83. The first-order valence-electron chi connectivity index (χ1n) is 11.0. The van der Waals surface area contributed by atoms with Gasteiger partial charge in [0.1, 0.15) is 0 Å². The maximum absolute atomic E-state index is 13.0. The Labute approximate surface area is 196 Å². The van der Waals surface area contributed by atoms with Crippen LogP contribution in [0.1, 0.15) is 55.1 Å². The van der Waals surface area contributed by atoms with Gasteiger partial charge in [0.2, 0.25) is 15.9 Å². The van der Waals surface area contributed by atoms with E-state index in [1.54, 1.807) is 31.3 Å². The monoisotopic (exact) mass is 477 g/mol. The Kier molecular flexibility index (Phi) is 8.33. The molecule has 1 amide bonds. The molecule has 0 saturated heterocycles. The summed E-state index contributed by atoms with van der Waals surface area (Å²) in [7, 11) is -0.0000684. The molecular formula is C24H32ClN3O3S. The van der Waals surface area contributed by atoms with Crippen molar-refractivity contribution in [2.75, 3.05) is 20.6 Å². The van der Waals surface area contributed by atoms with Gasteiger partial charge in [0.25, 0.3) is 0 Å². The van der Waals surface area contributed by atoms with Crippen molar-refractivity contribution in [2.24, 2.45) is 5.73 Å². The molecule has 1 unspecified atom stereocenters. The van der Waals surface area contributed by atoms with Crippen LogP contribution in [0.5, 0.6) is 0 Å². The molecule has 3 rings (SSSR count). The van der Waals surface area contributed by atoms with E-state index in [1.807, 2.05) is 7.05 Å². The third-order valence-electron chi connectivity index (χ3n) is 6.48. The zero-order chi connectivity index (χ0) is 23.3. The minimum absolute atomic E-state index is 0.0122. The molecule has 32 heavy (non-hydrogen) atoms. The van der Waals surface area contributed by atoms with Gasteiger partial charge in [-0.15, -0.1) is 0 Å². The van der Waals surface area contributed by atoms with E-state index < -0.39 is 10.0 Å². The number of nitrogens with two attached hydrogens (primary N) is 1. The highest BCUT2D eigenvalue weighted by molar-refractivity contribution is 7.89. The molecule has 2 aromatic carbocycles. The molecular weight excluding hydrogens is 446 g/mol. The molecule has 3 N–H and O–H groups in total. The number of rotatable bonds is 9. The van der Waals surface area contributed by atoms with Crippen LogP contribution in [0.15, 0.2) is 53.4 Å². The molecule has 1 aliphatic rings. The Balaban J connectivity index is 1.62. The van der Waals surface area contributed by atoms with Crippen LogP contribution >= 0.6 is 11.6 Å². The molecule has 1 aliphatic carbocycles. The summed E-state index contributed by atoms with van der Waals surface area (Å²) >= 11 is 5.90. The molecule has 8 heteroatoms. The Morgan fingerprint density at radius 1 is 1.09 bits per heavy atom. The van der Waals surface area contributed by atoms with Crippen LogP contribution in [0.2, 0.25) is 5.02 Å². The van der Waals surface area contributed by atoms with E-state index in [1.165, 1.54) is 9.87 Å². The lowest BCUT2D eigenvalue weighted by atomic mass is 9.81. The number of halogens is 1. The van der Waals surface area contributed by atoms with Crippen LogP contribution in [0, 0.1) is 0 Å². The van der Waals surface area contributed by atoms with E-state index in [0.29, 0.717) is 23.9 Å². The van der Waals surface area contributed by atoms with Crippen molar-refractivity contribution in [3.63, 3.8) is 0 Å². The van der Waals surface area contributed by atoms with Gasteiger partial charge < -0.3 is 11.1 Å².